The number of rotatable bonds is 4. The molecule has 3 aliphatic rings. The molecule has 0 saturated heterocycles. The highest BCUT2D eigenvalue weighted by Gasteiger charge is 2.64. The van der Waals surface area contributed by atoms with Gasteiger partial charge >= 0.3 is 0 Å². The summed E-state index contributed by atoms with van der Waals surface area (Å²) in [4.78, 5) is 0. The van der Waals surface area contributed by atoms with E-state index in [1.165, 1.54) is 31.4 Å². The second-order valence-electron chi connectivity index (χ2n) is 6.47. The van der Waals surface area contributed by atoms with Crippen molar-refractivity contribution in [3.05, 3.63) is 35.9 Å². The maximum atomic E-state index is 14.1. The van der Waals surface area contributed by atoms with Gasteiger partial charge in [0.15, 0.2) is 0 Å². The average molecular weight is 263 g/mol. The lowest BCUT2D eigenvalue weighted by molar-refractivity contribution is -0.00444. The van der Waals surface area contributed by atoms with E-state index in [2.05, 4.69) is 5.32 Å². The van der Waals surface area contributed by atoms with Gasteiger partial charge < -0.3 is 5.32 Å². The van der Waals surface area contributed by atoms with Crippen LogP contribution >= 0.6 is 0 Å². The van der Waals surface area contributed by atoms with Crippen LogP contribution in [0, 0.1) is 23.7 Å². The maximum Gasteiger partial charge on any atom is 0.285 e. The summed E-state index contributed by atoms with van der Waals surface area (Å²) < 4.78 is 28.1. The molecule has 1 nitrogen and oxygen atoms in total. The second-order valence-corrected chi connectivity index (χ2v) is 6.47. The van der Waals surface area contributed by atoms with Gasteiger partial charge in [0.1, 0.15) is 0 Å². The van der Waals surface area contributed by atoms with Crippen LogP contribution in [0.5, 0.6) is 0 Å². The van der Waals surface area contributed by atoms with Crippen molar-refractivity contribution < 1.29 is 8.78 Å². The van der Waals surface area contributed by atoms with E-state index in [9.17, 15) is 8.78 Å². The summed E-state index contributed by atoms with van der Waals surface area (Å²) in [6, 6.07) is 8.53. The Balaban J connectivity index is 1.39. The Kier molecular flexibility index (Phi) is 2.50. The number of hydrogen-bond acceptors (Lipinski definition) is 1. The molecule has 4 unspecified atom stereocenters. The van der Waals surface area contributed by atoms with Gasteiger partial charge in [-0.2, -0.15) is 8.78 Å². The molecule has 4 rings (SSSR count). The first-order valence-corrected chi connectivity index (χ1v) is 7.33. The standard InChI is InChI=1S/C16H19F2N/c17-16(18,12-4-2-1-3-5-12)9-19-15-13-10-6-7-11(8-10)14(13)15/h1-5,10-11,13-15,19H,6-9H2. The molecule has 1 aromatic carbocycles. The molecular weight excluding hydrogens is 244 g/mol. The minimum absolute atomic E-state index is 0.122. The fourth-order valence-electron chi connectivity index (χ4n) is 4.63. The van der Waals surface area contributed by atoms with Crippen LogP contribution in [0.2, 0.25) is 0 Å². The van der Waals surface area contributed by atoms with Crippen molar-refractivity contribution in [3.63, 3.8) is 0 Å². The first-order valence-electron chi connectivity index (χ1n) is 7.33. The topological polar surface area (TPSA) is 12.0 Å². The van der Waals surface area contributed by atoms with Gasteiger partial charge in [0.2, 0.25) is 0 Å². The Morgan fingerprint density at radius 3 is 2.32 bits per heavy atom. The Morgan fingerprint density at radius 2 is 1.68 bits per heavy atom. The highest BCUT2D eigenvalue weighted by Crippen LogP contribution is 2.65. The fraction of sp³-hybridized carbons (Fsp3) is 0.625. The monoisotopic (exact) mass is 263 g/mol. The van der Waals surface area contributed by atoms with Gasteiger partial charge in [-0.25, -0.2) is 0 Å². The lowest BCUT2D eigenvalue weighted by Gasteiger charge is -2.19. The first-order chi connectivity index (χ1) is 9.17. The third kappa shape index (κ3) is 1.82. The third-order valence-electron chi connectivity index (χ3n) is 5.49. The minimum atomic E-state index is -2.75. The van der Waals surface area contributed by atoms with E-state index >= 15 is 0 Å². The molecular formula is C16H19F2N. The van der Waals surface area contributed by atoms with E-state index in [4.69, 9.17) is 0 Å². The summed E-state index contributed by atoms with van der Waals surface area (Å²) >= 11 is 0. The van der Waals surface area contributed by atoms with Crippen LogP contribution in [-0.4, -0.2) is 12.6 Å². The zero-order valence-electron chi connectivity index (χ0n) is 10.9. The van der Waals surface area contributed by atoms with Crippen molar-refractivity contribution >= 4 is 0 Å². The Hall–Kier alpha value is -0.960. The average Bonchev–Trinajstić information content (AvgIpc) is 2.81. The number of benzene rings is 1. The van der Waals surface area contributed by atoms with Crippen LogP contribution in [-0.2, 0) is 5.92 Å². The molecule has 3 heteroatoms. The third-order valence-corrected chi connectivity index (χ3v) is 5.49. The molecule has 4 atom stereocenters. The Labute approximate surface area is 112 Å². The molecule has 3 aliphatic carbocycles. The van der Waals surface area contributed by atoms with Gasteiger partial charge in [-0.1, -0.05) is 30.3 Å². The minimum Gasteiger partial charge on any atom is -0.307 e. The molecule has 0 heterocycles. The lowest BCUT2D eigenvalue weighted by atomic mass is 10.0. The van der Waals surface area contributed by atoms with Crippen LogP contribution in [0.4, 0.5) is 8.78 Å². The number of halogens is 2. The van der Waals surface area contributed by atoms with Gasteiger partial charge in [-0.3, -0.25) is 0 Å². The number of fused-ring (bicyclic) bond motifs is 5. The second kappa shape index (κ2) is 4.02. The molecule has 2 bridgehead atoms. The summed E-state index contributed by atoms with van der Waals surface area (Å²) in [5, 5.41) is 3.15. The van der Waals surface area contributed by atoms with Crippen molar-refractivity contribution in [2.24, 2.45) is 23.7 Å². The summed E-state index contributed by atoms with van der Waals surface area (Å²) in [6.07, 6.45) is 4.03. The van der Waals surface area contributed by atoms with Crippen molar-refractivity contribution in [2.75, 3.05) is 6.54 Å². The van der Waals surface area contributed by atoms with Gasteiger partial charge in [0.25, 0.3) is 5.92 Å². The maximum absolute atomic E-state index is 14.1. The van der Waals surface area contributed by atoms with Crippen LogP contribution < -0.4 is 5.32 Å². The van der Waals surface area contributed by atoms with E-state index in [0.717, 1.165) is 11.8 Å². The molecule has 3 saturated carbocycles. The SMILES string of the molecule is FC(F)(CNC1C2C3CCC(C3)C12)c1ccccc1. The van der Waals surface area contributed by atoms with Crippen LogP contribution in [0.1, 0.15) is 24.8 Å². The van der Waals surface area contributed by atoms with Gasteiger partial charge in [0.05, 0.1) is 6.54 Å². The summed E-state index contributed by atoms with van der Waals surface area (Å²) in [7, 11) is 0. The molecule has 0 aliphatic heterocycles. The highest BCUT2D eigenvalue weighted by atomic mass is 19.3. The van der Waals surface area contributed by atoms with Crippen molar-refractivity contribution in [1.29, 1.82) is 0 Å². The molecule has 0 spiro atoms. The number of hydrogen-bond donors (Lipinski definition) is 1. The predicted octanol–water partition coefficient (Wildman–Crippen LogP) is 3.41. The van der Waals surface area contributed by atoms with E-state index in [0.29, 0.717) is 17.9 Å². The molecule has 1 aromatic rings. The Morgan fingerprint density at radius 1 is 1.05 bits per heavy atom. The Bertz CT molecular complexity index is 457. The number of nitrogens with one attached hydrogen (secondary N) is 1. The molecule has 102 valence electrons. The molecule has 3 fully saturated rings. The summed E-state index contributed by atoms with van der Waals surface area (Å²) in [6.45, 7) is -0.214. The lowest BCUT2D eigenvalue weighted by Crippen LogP contribution is -2.34. The molecule has 1 N–H and O–H groups in total. The molecule has 19 heavy (non-hydrogen) atoms. The van der Waals surface area contributed by atoms with E-state index < -0.39 is 5.92 Å². The summed E-state index contributed by atoms with van der Waals surface area (Å²) in [5.74, 6) is 0.336. The van der Waals surface area contributed by atoms with Crippen LogP contribution in [0.25, 0.3) is 0 Å². The first kappa shape index (κ1) is 11.8. The van der Waals surface area contributed by atoms with Crippen molar-refractivity contribution in [2.45, 2.75) is 31.2 Å². The fourth-order valence-corrected chi connectivity index (χ4v) is 4.63. The summed E-state index contributed by atoms with van der Waals surface area (Å²) in [5.41, 5.74) is 0.122. The zero-order valence-corrected chi connectivity index (χ0v) is 10.9. The van der Waals surface area contributed by atoms with E-state index in [-0.39, 0.29) is 12.1 Å². The van der Waals surface area contributed by atoms with Crippen molar-refractivity contribution in [1.82, 2.24) is 5.32 Å². The normalized spacial score (nSPS) is 39.4. The van der Waals surface area contributed by atoms with Crippen LogP contribution in [0.15, 0.2) is 30.3 Å². The molecule has 0 radical (unpaired) electrons. The van der Waals surface area contributed by atoms with Crippen molar-refractivity contribution in [3.8, 4) is 0 Å². The van der Waals surface area contributed by atoms with Gasteiger partial charge in [-0.15, -0.1) is 0 Å². The smallest absolute Gasteiger partial charge is 0.285 e. The van der Waals surface area contributed by atoms with E-state index in [1.807, 2.05) is 0 Å². The predicted molar refractivity (Wildman–Crippen MR) is 69.9 cm³/mol. The largest absolute Gasteiger partial charge is 0.307 e. The highest BCUT2D eigenvalue weighted by molar-refractivity contribution is 5.21. The zero-order chi connectivity index (χ0) is 13.0. The van der Waals surface area contributed by atoms with E-state index in [1.54, 1.807) is 18.2 Å². The quantitative estimate of drug-likeness (QED) is 0.877. The molecule has 0 aromatic heterocycles. The van der Waals surface area contributed by atoms with Gasteiger partial charge in [-0.05, 0) is 42.9 Å². The number of alkyl halides is 2. The molecule has 0 amide bonds. The van der Waals surface area contributed by atoms with Gasteiger partial charge in [0, 0.05) is 11.6 Å². The van der Waals surface area contributed by atoms with Crippen LogP contribution in [0.3, 0.4) is 0 Å².